The molecule has 5 rings (SSSR count). The number of hydrogen-bond acceptors (Lipinski definition) is 7. The van der Waals surface area contributed by atoms with Crippen molar-refractivity contribution >= 4 is 55.6 Å². The van der Waals surface area contributed by atoms with E-state index in [-0.39, 0.29) is 16.1 Å². The minimum atomic E-state index is -4.66. The molecule has 11 heteroatoms. The third kappa shape index (κ3) is 3.80. The highest BCUT2D eigenvalue weighted by Crippen LogP contribution is 2.39. The third-order valence-electron chi connectivity index (χ3n) is 4.74. The van der Waals surface area contributed by atoms with Gasteiger partial charge in [-0.2, -0.15) is 13.2 Å². The fourth-order valence-electron chi connectivity index (χ4n) is 3.26. The van der Waals surface area contributed by atoms with E-state index in [0.29, 0.717) is 21.4 Å². The van der Waals surface area contributed by atoms with Crippen molar-refractivity contribution in [2.24, 2.45) is 0 Å². The summed E-state index contributed by atoms with van der Waals surface area (Å²) in [5.74, 6) is -0.815. The normalized spacial score (nSPS) is 13.1. The lowest BCUT2D eigenvalue weighted by Gasteiger charge is -2.14. The third-order valence-corrected chi connectivity index (χ3v) is 7.63. The number of hydrogen-bond donors (Lipinski definition) is 1. The van der Waals surface area contributed by atoms with Gasteiger partial charge in [-0.15, -0.1) is 22.7 Å². The van der Waals surface area contributed by atoms with Crippen LogP contribution in [-0.2, 0) is 6.18 Å². The minimum Gasteiger partial charge on any atom is -0.309 e. The van der Waals surface area contributed by atoms with Gasteiger partial charge in [-0.1, -0.05) is 36.0 Å². The standard InChI is InChI=1S/C21H13F3N4OS3/c1-10(32-18-11-5-2-3-6-13(11)25-20(28-18)21(22,23)24)16-26-17(29)15-12(9-31-19(15)27-16)14-7-4-8-30-14/h2-10H,1H3,(H,26,27,29)/t10-/m0/s1. The first-order chi connectivity index (χ1) is 15.3. The first-order valence-corrected chi connectivity index (χ1v) is 12.0. The van der Waals surface area contributed by atoms with Gasteiger partial charge in [0, 0.05) is 21.2 Å². The first-order valence-electron chi connectivity index (χ1n) is 9.37. The number of thioether (sulfide) groups is 1. The number of rotatable bonds is 4. The Bertz CT molecular complexity index is 1490. The molecule has 0 fully saturated rings. The quantitative estimate of drug-likeness (QED) is 0.229. The molecule has 4 aromatic heterocycles. The molecule has 0 unspecified atom stereocenters. The van der Waals surface area contributed by atoms with E-state index in [0.717, 1.165) is 22.2 Å². The highest BCUT2D eigenvalue weighted by Gasteiger charge is 2.35. The van der Waals surface area contributed by atoms with E-state index in [2.05, 4.69) is 19.9 Å². The fourth-order valence-corrected chi connectivity index (χ4v) is 6.02. The summed E-state index contributed by atoms with van der Waals surface area (Å²) in [6.45, 7) is 1.77. The Hall–Kier alpha value is -2.76. The molecule has 0 saturated carbocycles. The lowest BCUT2D eigenvalue weighted by atomic mass is 10.2. The van der Waals surface area contributed by atoms with Gasteiger partial charge in [-0.25, -0.2) is 15.0 Å². The zero-order chi connectivity index (χ0) is 22.5. The Labute approximate surface area is 191 Å². The number of nitrogens with zero attached hydrogens (tertiary/aromatic N) is 3. The Morgan fingerprint density at radius 1 is 1.06 bits per heavy atom. The van der Waals surface area contributed by atoms with Gasteiger partial charge in [0.2, 0.25) is 5.82 Å². The van der Waals surface area contributed by atoms with Crippen molar-refractivity contribution in [2.45, 2.75) is 23.4 Å². The van der Waals surface area contributed by atoms with E-state index in [1.165, 1.54) is 28.7 Å². The van der Waals surface area contributed by atoms with Crippen LogP contribution < -0.4 is 5.56 Å². The molecule has 0 saturated heterocycles. The monoisotopic (exact) mass is 490 g/mol. The Morgan fingerprint density at radius 3 is 2.62 bits per heavy atom. The van der Waals surface area contributed by atoms with Gasteiger partial charge in [0.15, 0.2) is 0 Å². The van der Waals surface area contributed by atoms with Gasteiger partial charge >= 0.3 is 6.18 Å². The van der Waals surface area contributed by atoms with Crippen LogP contribution in [0.5, 0.6) is 0 Å². The highest BCUT2D eigenvalue weighted by molar-refractivity contribution is 7.99. The smallest absolute Gasteiger partial charge is 0.309 e. The number of para-hydroxylation sites is 1. The van der Waals surface area contributed by atoms with Crippen molar-refractivity contribution in [3.63, 3.8) is 0 Å². The molecule has 1 atom stereocenters. The van der Waals surface area contributed by atoms with Crippen LogP contribution in [0.4, 0.5) is 13.2 Å². The zero-order valence-corrected chi connectivity index (χ0v) is 18.8. The van der Waals surface area contributed by atoms with Gasteiger partial charge in [-0.3, -0.25) is 4.79 Å². The molecule has 0 radical (unpaired) electrons. The maximum atomic E-state index is 13.3. The summed E-state index contributed by atoms with van der Waals surface area (Å²) in [6.07, 6.45) is -4.66. The summed E-state index contributed by atoms with van der Waals surface area (Å²) in [4.78, 5) is 29.3. The van der Waals surface area contributed by atoms with Crippen LogP contribution in [0.2, 0.25) is 0 Å². The number of benzene rings is 1. The molecule has 0 bridgehead atoms. The molecule has 0 amide bonds. The number of halogens is 3. The average Bonchev–Trinajstić information content (AvgIpc) is 3.42. The van der Waals surface area contributed by atoms with Crippen molar-refractivity contribution in [3.05, 3.63) is 69.2 Å². The Kier molecular flexibility index (Phi) is 5.26. The highest BCUT2D eigenvalue weighted by atomic mass is 32.2. The molecule has 5 nitrogen and oxygen atoms in total. The maximum absolute atomic E-state index is 13.3. The van der Waals surface area contributed by atoms with E-state index in [1.54, 1.807) is 25.1 Å². The average molecular weight is 491 g/mol. The zero-order valence-electron chi connectivity index (χ0n) is 16.3. The van der Waals surface area contributed by atoms with Gasteiger partial charge in [0.05, 0.1) is 16.2 Å². The van der Waals surface area contributed by atoms with Crippen molar-refractivity contribution in [3.8, 4) is 10.4 Å². The maximum Gasteiger partial charge on any atom is 0.451 e. The number of fused-ring (bicyclic) bond motifs is 2. The molecule has 5 aromatic rings. The van der Waals surface area contributed by atoms with Crippen molar-refractivity contribution in [1.29, 1.82) is 0 Å². The van der Waals surface area contributed by atoms with Crippen LogP contribution >= 0.6 is 34.4 Å². The molecular weight excluding hydrogens is 477 g/mol. The Morgan fingerprint density at radius 2 is 1.88 bits per heavy atom. The predicted octanol–water partition coefficient (Wildman–Crippen LogP) is 6.53. The molecule has 0 spiro atoms. The van der Waals surface area contributed by atoms with Crippen molar-refractivity contribution < 1.29 is 13.2 Å². The minimum absolute atomic E-state index is 0.184. The number of nitrogens with one attached hydrogen (secondary N) is 1. The van der Waals surface area contributed by atoms with Crippen LogP contribution in [0.15, 0.2) is 57.0 Å². The second-order valence-electron chi connectivity index (χ2n) is 6.89. The van der Waals surface area contributed by atoms with Crippen molar-refractivity contribution in [2.75, 3.05) is 0 Å². The number of aromatic nitrogens is 4. The number of thiophene rings is 2. The number of aromatic amines is 1. The van der Waals surface area contributed by atoms with Crippen molar-refractivity contribution in [1.82, 2.24) is 19.9 Å². The van der Waals surface area contributed by atoms with E-state index in [9.17, 15) is 18.0 Å². The van der Waals surface area contributed by atoms with Crippen LogP contribution in [0.1, 0.15) is 23.8 Å². The van der Waals surface area contributed by atoms with Gasteiger partial charge in [0.25, 0.3) is 5.56 Å². The van der Waals surface area contributed by atoms with E-state index in [1.807, 2.05) is 22.9 Å². The number of alkyl halides is 3. The lowest BCUT2D eigenvalue weighted by Crippen LogP contribution is -2.13. The molecule has 0 aliphatic heterocycles. The van der Waals surface area contributed by atoms with E-state index >= 15 is 0 Å². The van der Waals surface area contributed by atoms with E-state index < -0.39 is 17.3 Å². The molecule has 0 aliphatic rings. The summed E-state index contributed by atoms with van der Waals surface area (Å²) in [6, 6.07) is 10.4. The van der Waals surface area contributed by atoms with Crippen LogP contribution in [-0.4, -0.2) is 19.9 Å². The fraction of sp³-hybridized carbons (Fsp3) is 0.143. The second kappa shape index (κ2) is 7.98. The molecule has 0 aliphatic carbocycles. The summed E-state index contributed by atoms with van der Waals surface area (Å²) >= 11 is 4.00. The predicted molar refractivity (Wildman–Crippen MR) is 122 cm³/mol. The largest absolute Gasteiger partial charge is 0.451 e. The van der Waals surface area contributed by atoms with E-state index in [4.69, 9.17) is 0 Å². The Balaban J connectivity index is 1.55. The topological polar surface area (TPSA) is 71.5 Å². The van der Waals surface area contributed by atoms with Crippen LogP contribution in [0.3, 0.4) is 0 Å². The summed E-state index contributed by atoms with van der Waals surface area (Å²) < 4.78 is 39.9. The SMILES string of the molecule is C[C@H](Sc1nc(C(F)(F)F)nc2ccccc12)c1nc2scc(-c3cccs3)c2c(=O)[nH]1. The van der Waals surface area contributed by atoms with Gasteiger partial charge < -0.3 is 4.98 Å². The molecule has 162 valence electrons. The van der Waals surface area contributed by atoms with Crippen LogP contribution in [0.25, 0.3) is 31.6 Å². The molecular formula is C21H13F3N4OS3. The first kappa shape index (κ1) is 21.1. The van der Waals surface area contributed by atoms with Gasteiger partial charge in [0.1, 0.15) is 15.7 Å². The second-order valence-corrected chi connectivity index (χ2v) is 10.0. The molecule has 4 heterocycles. The lowest BCUT2D eigenvalue weighted by molar-refractivity contribution is -0.145. The number of H-pyrrole nitrogens is 1. The molecule has 1 aromatic carbocycles. The summed E-state index contributed by atoms with van der Waals surface area (Å²) in [5.41, 5.74) is 0.767. The van der Waals surface area contributed by atoms with Gasteiger partial charge in [-0.05, 0) is 24.4 Å². The summed E-state index contributed by atoms with van der Waals surface area (Å²) in [5, 5.41) is 4.60. The molecule has 1 N–H and O–H groups in total. The summed E-state index contributed by atoms with van der Waals surface area (Å²) in [7, 11) is 0. The molecule has 32 heavy (non-hydrogen) atoms. The van der Waals surface area contributed by atoms with Crippen LogP contribution in [0, 0.1) is 0 Å².